The molecule has 0 aromatic heterocycles. The normalized spacial score (nSPS) is 28.9. The van der Waals surface area contributed by atoms with Crippen LogP contribution in [0.15, 0.2) is 48.6 Å². The van der Waals surface area contributed by atoms with Gasteiger partial charge in [0.05, 0.1) is 6.04 Å². The lowest BCUT2D eigenvalue weighted by Crippen LogP contribution is -2.44. The minimum absolute atomic E-state index is 0.184. The molecule has 1 saturated carbocycles. The van der Waals surface area contributed by atoms with Crippen molar-refractivity contribution >= 4 is 5.69 Å². The van der Waals surface area contributed by atoms with Gasteiger partial charge in [0.2, 0.25) is 0 Å². The molecule has 4 atom stereocenters. The molecule has 0 N–H and O–H groups in total. The lowest BCUT2D eigenvalue weighted by atomic mass is 9.63. The summed E-state index contributed by atoms with van der Waals surface area (Å²) in [6.07, 6.45) is 7.81. The second-order valence-corrected chi connectivity index (χ2v) is 9.34. The molecule has 0 bridgehead atoms. The van der Waals surface area contributed by atoms with Gasteiger partial charge in [-0.2, -0.15) is 0 Å². The molecule has 0 amide bonds. The molecule has 1 aromatic carbocycles. The van der Waals surface area contributed by atoms with E-state index in [9.17, 15) is 13.2 Å². The van der Waals surface area contributed by atoms with Crippen molar-refractivity contribution in [2.45, 2.75) is 59.4 Å². The Bertz CT molecular complexity index is 735. The highest BCUT2D eigenvalue weighted by molar-refractivity contribution is 5.52. The second kappa shape index (κ2) is 8.45. The summed E-state index contributed by atoms with van der Waals surface area (Å²) in [5.74, 6) is 1.52. The first-order valence-corrected chi connectivity index (χ1v) is 10.6. The summed E-state index contributed by atoms with van der Waals surface area (Å²) in [5.41, 5.74) is 1.26. The molecule has 0 heterocycles. The van der Waals surface area contributed by atoms with E-state index in [0.717, 1.165) is 12.2 Å². The van der Waals surface area contributed by atoms with Gasteiger partial charge in [0.25, 0.3) is 0 Å². The molecule has 0 spiro atoms. The van der Waals surface area contributed by atoms with Gasteiger partial charge in [0.15, 0.2) is 0 Å². The predicted molar refractivity (Wildman–Crippen MR) is 112 cm³/mol. The molecule has 0 radical (unpaired) electrons. The number of rotatable bonds is 5. The molecular formula is C24H32F3NO. The Morgan fingerprint density at radius 2 is 1.72 bits per heavy atom. The van der Waals surface area contributed by atoms with E-state index in [1.54, 1.807) is 12.1 Å². The van der Waals surface area contributed by atoms with E-state index in [-0.39, 0.29) is 11.8 Å². The molecule has 5 heteroatoms. The molecule has 1 fully saturated rings. The Kier molecular flexibility index (Phi) is 6.35. The number of nitrogens with zero attached hydrogens (tertiary/aromatic N) is 1. The molecule has 1 aromatic rings. The highest BCUT2D eigenvalue weighted by Gasteiger charge is 2.39. The summed E-state index contributed by atoms with van der Waals surface area (Å²) in [7, 11) is 0. The van der Waals surface area contributed by atoms with E-state index in [4.69, 9.17) is 0 Å². The van der Waals surface area contributed by atoms with Crippen molar-refractivity contribution in [3.63, 3.8) is 0 Å². The van der Waals surface area contributed by atoms with E-state index in [2.05, 4.69) is 61.6 Å². The summed E-state index contributed by atoms with van der Waals surface area (Å²) < 4.78 is 41.4. The zero-order valence-electron chi connectivity index (χ0n) is 17.7. The van der Waals surface area contributed by atoms with Crippen LogP contribution in [0, 0.1) is 23.2 Å². The van der Waals surface area contributed by atoms with Gasteiger partial charge in [0.1, 0.15) is 5.75 Å². The van der Waals surface area contributed by atoms with Crippen LogP contribution in [0.1, 0.15) is 47.0 Å². The quantitative estimate of drug-likeness (QED) is 0.522. The lowest BCUT2D eigenvalue weighted by molar-refractivity contribution is -0.274. The van der Waals surface area contributed by atoms with Crippen molar-refractivity contribution in [2.75, 3.05) is 11.4 Å². The molecular weight excluding hydrogens is 375 g/mol. The van der Waals surface area contributed by atoms with Gasteiger partial charge in [0, 0.05) is 18.2 Å². The molecule has 160 valence electrons. The van der Waals surface area contributed by atoms with Crippen molar-refractivity contribution in [3.8, 4) is 5.75 Å². The first-order chi connectivity index (χ1) is 13.6. The number of anilines is 1. The number of hydrogen-bond donors (Lipinski definition) is 0. The van der Waals surface area contributed by atoms with Crippen LogP contribution in [0.2, 0.25) is 0 Å². The maximum absolute atomic E-state index is 12.5. The van der Waals surface area contributed by atoms with Gasteiger partial charge in [-0.05, 0) is 67.7 Å². The molecule has 0 aliphatic heterocycles. The largest absolute Gasteiger partial charge is 0.573 e. The highest BCUT2D eigenvalue weighted by atomic mass is 19.4. The zero-order chi connectivity index (χ0) is 21.2. The summed E-state index contributed by atoms with van der Waals surface area (Å²) in [6, 6.07) is 6.44. The van der Waals surface area contributed by atoms with Gasteiger partial charge >= 0.3 is 6.36 Å². The monoisotopic (exact) mass is 407 g/mol. The topological polar surface area (TPSA) is 12.5 Å². The van der Waals surface area contributed by atoms with Crippen molar-refractivity contribution in [3.05, 3.63) is 48.6 Å². The third-order valence-electron chi connectivity index (χ3n) is 6.21. The summed E-state index contributed by atoms with van der Waals surface area (Å²) in [6.45, 7) is 9.96. The van der Waals surface area contributed by atoms with E-state index in [1.807, 2.05) is 0 Å². The van der Waals surface area contributed by atoms with Crippen LogP contribution in [0.5, 0.6) is 5.75 Å². The van der Waals surface area contributed by atoms with Gasteiger partial charge in [-0.1, -0.05) is 45.1 Å². The Morgan fingerprint density at radius 1 is 1.07 bits per heavy atom. The minimum atomic E-state index is -4.67. The molecule has 0 saturated heterocycles. The van der Waals surface area contributed by atoms with Gasteiger partial charge in [-0.25, -0.2) is 0 Å². The number of allylic oxidation sites excluding steroid dienone is 2. The maximum atomic E-state index is 12.5. The number of ether oxygens (including phenoxy) is 1. The molecule has 3 rings (SSSR count). The van der Waals surface area contributed by atoms with Crippen LogP contribution in [0.4, 0.5) is 18.9 Å². The first-order valence-electron chi connectivity index (χ1n) is 10.6. The lowest BCUT2D eigenvalue weighted by Gasteiger charge is -2.46. The number of alkyl halides is 3. The van der Waals surface area contributed by atoms with Crippen LogP contribution >= 0.6 is 0 Å². The third kappa shape index (κ3) is 5.58. The van der Waals surface area contributed by atoms with Crippen molar-refractivity contribution in [2.24, 2.45) is 23.2 Å². The molecule has 2 aliphatic carbocycles. The fourth-order valence-corrected chi connectivity index (χ4v) is 5.48. The maximum Gasteiger partial charge on any atom is 0.573 e. The van der Waals surface area contributed by atoms with Gasteiger partial charge in [-0.15, -0.1) is 13.2 Å². The molecule has 29 heavy (non-hydrogen) atoms. The molecule has 2 aliphatic rings. The Labute approximate surface area is 172 Å². The second-order valence-electron chi connectivity index (χ2n) is 9.34. The third-order valence-corrected chi connectivity index (χ3v) is 6.21. The fraction of sp³-hybridized carbons (Fsp3) is 0.583. The number of hydrogen-bond acceptors (Lipinski definition) is 2. The minimum Gasteiger partial charge on any atom is -0.406 e. The number of halogens is 3. The van der Waals surface area contributed by atoms with Crippen LogP contribution in [0.3, 0.4) is 0 Å². The van der Waals surface area contributed by atoms with Crippen LogP contribution in [-0.4, -0.2) is 18.9 Å². The SMILES string of the molecule is CCN(c1ccc(OC(F)(F)F)cc1)C1C=CC=CC1[C@@H]1C[C@@H](C)CC(C)(C)C1. The standard InChI is InChI=1S/C24H32F3NO/c1-5-28(19-10-12-20(13-11-19)29-24(25,26)27)22-9-7-6-8-21(22)18-14-17(2)15-23(3,4)16-18/h6-13,17-18,21-22H,5,14-16H2,1-4H3/t17-,18-,21?,22?/m1/s1. The van der Waals surface area contributed by atoms with Crippen molar-refractivity contribution in [1.29, 1.82) is 0 Å². The number of benzene rings is 1. The smallest absolute Gasteiger partial charge is 0.406 e. The van der Waals surface area contributed by atoms with Gasteiger partial charge < -0.3 is 9.64 Å². The van der Waals surface area contributed by atoms with E-state index < -0.39 is 6.36 Å². The van der Waals surface area contributed by atoms with E-state index >= 15 is 0 Å². The predicted octanol–water partition coefficient (Wildman–Crippen LogP) is 6.98. The average molecular weight is 408 g/mol. The average Bonchev–Trinajstić information content (AvgIpc) is 2.61. The van der Waals surface area contributed by atoms with Crippen molar-refractivity contribution in [1.82, 2.24) is 0 Å². The first kappa shape index (κ1) is 21.8. The van der Waals surface area contributed by atoms with E-state index in [0.29, 0.717) is 23.2 Å². The van der Waals surface area contributed by atoms with E-state index in [1.165, 1.54) is 31.4 Å². The zero-order valence-corrected chi connectivity index (χ0v) is 17.7. The summed E-state index contributed by atoms with van der Waals surface area (Å²) in [5, 5.41) is 0. The van der Waals surface area contributed by atoms with Crippen molar-refractivity contribution < 1.29 is 17.9 Å². The van der Waals surface area contributed by atoms with Gasteiger partial charge in [-0.3, -0.25) is 0 Å². The summed E-state index contributed by atoms with van der Waals surface area (Å²) >= 11 is 0. The fourth-order valence-electron chi connectivity index (χ4n) is 5.48. The number of likely N-dealkylation sites (N-methyl/N-ethyl adjacent to an activating group) is 1. The Morgan fingerprint density at radius 3 is 2.31 bits per heavy atom. The van der Waals surface area contributed by atoms with Crippen LogP contribution in [-0.2, 0) is 0 Å². The molecule has 2 nitrogen and oxygen atoms in total. The Hall–Kier alpha value is -1.91. The van der Waals surface area contributed by atoms with Crippen LogP contribution < -0.4 is 9.64 Å². The summed E-state index contributed by atoms with van der Waals surface area (Å²) in [4.78, 5) is 2.29. The highest BCUT2D eigenvalue weighted by Crippen LogP contribution is 2.46. The Balaban J connectivity index is 1.81. The molecule has 2 unspecified atom stereocenters. The van der Waals surface area contributed by atoms with Crippen LogP contribution in [0.25, 0.3) is 0 Å².